The summed E-state index contributed by atoms with van der Waals surface area (Å²) in [7, 11) is 0. The van der Waals surface area contributed by atoms with Crippen LogP contribution in [-0.2, 0) is 4.74 Å². The van der Waals surface area contributed by atoms with Gasteiger partial charge < -0.3 is 19.3 Å². The molecule has 0 aliphatic carbocycles. The first-order valence-corrected chi connectivity index (χ1v) is 9.37. The lowest BCUT2D eigenvalue weighted by atomic mass is 10.1. The molecule has 0 radical (unpaired) electrons. The van der Waals surface area contributed by atoms with Crippen LogP contribution in [0.5, 0.6) is 5.75 Å². The summed E-state index contributed by atoms with van der Waals surface area (Å²) in [5, 5.41) is 0. The Balaban J connectivity index is 1.57. The van der Waals surface area contributed by atoms with Gasteiger partial charge in [0.15, 0.2) is 0 Å². The van der Waals surface area contributed by atoms with E-state index >= 15 is 0 Å². The molecule has 3 rings (SSSR count). The summed E-state index contributed by atoms with van der Waals surface area (Å²) in [6, 6.07) is 8.85. The van der Waals surface area contributed by atoms with E-state index in [1.807, 2.05) is 0 Å². The van der Waals surface area contributed by atoms with Gasteiger partial charge in [0.05, 0.1) is 12.2 Å². The zero-order valence-electron chi connectivity index (χ0n) is 16.3. The maximum Gasteiger partial charge on any atom is 0.513 e. The summed E-state index contributed by atoms with van der Waals surface area (Å²) in [6.45, 7) is 2.85. The first-order valence-electron chi connectivity index (χ1n) is 9.37. The molecule has 7 nitrogen and oxygen atoms in total. The number of carbonyl (C=O) groups is 3. The molecule has 1 fully saturated rings. The molecule has 2 aromatic carbocycles. The van der Waals surface area contributed by atoms with Gasteiger partial charge in [0, 0.05) is 37.8 Å². The van der Waals surface area contributed by atoms with Crippen molar-refractivity contribution in [3.63, 3.8) is 0 Å². The fourth-order valence-electron chi connectivity index (χ4n) is 3.04. The third-order valence-electron chi connectivity index (χ3n) is 4.58. The van der Waals surface area contributed by atoms with Crippen molar-refractivity contribution in [2.75, 3.05) is 32.8 Å². The van der Waals surface area contributed by atoms with Gasteiger partial charge in [-0.3, -0.25) is 9.59 Å². The molecule has 0 aromatic heterocycles. The maximum absolute atomic E-state index is 13.8. The van der Waals surface area contributed by atoms with Gasteiger partial charge in [0.2, 0.25) is 0 Å². The number of benzene rings is 2. The Labute approximate surface area is 171 Å². The summed E-state index contributed by atoms with van der Waals surface area (Å²) in [5.74, 6) is -2.19. The van der Waals surface area contributed by atoms with Crippen LogP contribution >= 0.6 is 0 Å². The number of halogens is 2. The number of carbonyl (C=O) groups excluding carboxylic acids is 3. The largest absolute Gasteiger partial charge is 0.513 e. The van der Waals surface area contributed by atoms with Crippen molar-refractivity contribution in [2.45, 2.75) is 6.92 Å². The van der Waals surface area contributed by atoms with Crippen LogP contribution in [0.3, 0.4) is 0 Å². The van der Waals surface area contributed by atoms with Crippen LogP contribution in [0.1, 0.15) is 27.6 Å². The smallest absolute Gasteiger partial charge is 0.434 e. The maximum atomic E-state index is 13.8. The highest BCUT2D eigenvalue weighted by Gasteiger charge is 2.27. The molecular weight excluding hydrogens is 398 g/mol. The molecule has 1 saturated heterocycles. The average molecular weight is 418 g/mol. The van der Waals surface area contributed by atoms with E-state index in [-0.39, 0.29) is 50.0 Å². The van der Waals surface area contributed by atoms with Crippen molar-refractivity contribution >= 4 is 18.0 Å². The molecule has 158 valence electrons. The summed E-state index contributed by atoms with van der Waals surface area (Å²) >= 11 is 0. The number of hydrogen-bond acceptors (Lipinski definition) is 5. The predicted molar refractivity (Wildman–Crippen MR) is 102 cm³/mol. The molecule has 0 unspecified atom stereocenters. The minimum atomic E-state index is -0.913. The predicted octanol–water partition coefficient (Wildman–Crippen LogP) is 3.10. The lowest BCUT2D eigenvalue weighted by molar-refractivity contribution is 0.0532. The van der Waals surface area contributed by atoms with E-state index in [9.17, 15) is 23.2 Å². The number of piperazine rings is 1. The van der Waals surface area contributed by atoms with Crippen molar-refractivity contribution in [3.05, 3.63) is 65.2 Å². The number of ether oxygens (including phenoxy) is 2. The molecule has 0 bridgehead atoms. The Bertz CT molecular complexity index is 941. The number of hydrogen-bond donors (Lipinski definition) is 0. The molecule has 0 N–H and O–H groups in total. The van der Waals surface area contributed by atoms with Crippen molar-refractivity contribution in [3.8, 4) is 5.75 Å². The van der Waals surface area contributed by atoms with E-state index < -0.39 is 23.7 Å². The Morgan fingerprint density at radius 3 is 2.07 bits per heavy atom. The average Bonchev–Trinajstić information content (AvgIpc) is 2.74. The van der Waals surface area contributed by atoms with Gasteiger partial charge in [-0.15, -0.1) is 0 Å². The lowest BCUT2D eigenvalue weighted by Gasteiger charge is -2.35. The van der Waals surface area contributed by atoms with E-state index in [0.717, 1.165) is 12.1 Å². The summed E-state index contributed by atoms with van der Waals surface area (Å²) in [6.07, 6.45) is -0.824. The highest BCUT2D eigenvalue weighted by molar-refractivity contribution is 5.96. The molecular formula is C21H20F2N2O5. The van der Waals surface area contributed by atoms with E-state index in [1.54, 1.807) is 11.8 Å². The van der Waals surface area contributed by atoms with Crippen LogP contribution in [0, 0.1) is 11.6 Å². The summed E-state index contributed by atoms with van der Waals surface area (Å²) in [4.78, 5) is 39.4. The van der Waals surface area contributed by atoms with Crippen LogP contribution in [-0.4, -0.2) is 60.6 Å². The summed E-state index contributed by atoms with van der Waals surface area (Å²) in [5.41, 5.74) is 0.198. The second-order valence-corrected chi connectivity index (χ2v) is 6.52. The number of amides is 2. The fourth-order valence-corrected chi connectivity index (χ4v) is 3.04. The molecule has 2 amide bonds. The second-order valence-electron chi connectivity index (χ2n) is 6.52. The number of nitrogens with zero attached hydrogens (tertiary/aromatic N) is 2. The first kappa shape index (κ1) is 21.2. The third-order valence-corrected chi connectivity index (χ3v) is 4.58. The Kier molecular flexibility index (Phi) is 6.61. The minimum Gasteiger partial charge on any atom is -0.434 e. The molecule has 1 aliphatic heterocycles. The lowest BCUT2D eigenvalue weighted by Crippen LogP contribution is -2.50. The quantitative estimate of drug-likeness (QED) is 0.563. The van der Waals surface area contributed by atoms with E-state index in [2.05, 4.69) is 4.74 Å². The molecule has 30 heavy (non-hydrogen) atoms. The molecule has 2 aromatic rings. The van der Waals surface area contributed by atoms with Gasteiger partial charge in [-0.25, -0.2) is 13.6 Å². The molecule has 0 spiro atoms. The van der Waals surface area contributed by atoms with E-state index in [0.29, 0.717) is 11.6 Å². The monoisotopic (exact) mass is 418 g/mol. The van der Waals surface area contributed by atoms with Crippen molar-refractivity contribution in [1.29, 1.82) is 0 Å². The molecule has 1 aliphatic rings. The highest BCUT2D eigenvalue weighted by atomic mass is 19.1. The Morgan fingerprint density at radius 2 is 1.50 bits per heavy atom. The first-order chi connectivity index (χ1) is 14.4. The normalized spacial score (nSPS) is 13.7. The van der Waals surface area contributed by atoms with Crippen LogP contribution in [0.25, 0.3) is 0 Å². The van der Waals surface area contributed by atoms with Crippen molar-refractivity contribution in [2.24, 2.45) is 0 Å². The zero-order valence-corrected chi connectivity index (χ0v) is 16.3. The van der Waals surface area contributed by atoms with E-state index in [1.165, 1.54) is 29.2 Å². The van der Waals surface area contributed by atoms with Crippen LogP contribution in [0.2, 0.25) is 0 Å². The fraction of sp³-hybridized carbons (Fsp3) is 0.286. The van der Waals surface area contributed by atoms with Gasteiger partial charge in [0.25, 0.3) is 11.8 Å². The second kappa shape index (κ2) is 9.34. The van der Waals surface area contributed by atoms with Crippen LogP contribution < -0.4 is 4.74 Å². The minimum absolute atomic E-state index is 0.192. The van der Waals surface area contributed by atoms with Crippen LogP contribution in [0.4, 0.5) is 13.6 Å². The van der Waals surface area contributed by atoms with Gasteiger partial charge >= 0.3 is 6.16 Å². The number of rotatable bonds is 4. The molecule has 1 heterocycles. The van der Waals surface area contributed by atoms with Gasteiger partial charge in [-0.2, -0.15) is 0 Å². The van der Waals surface area contributed by atoms with Gasteiger partial charge in [-0.1, -0.05) is 0 Å². The molecule has 0 saturated carbocycles. The third kappa shape index (κ3) is 4.91. The highest BCUT2D eigenvalue weighted by Crippen LogP contribution is 2.17. The van der Waals surface area contributed by atoms with Crippen molar-refractivity contribution in [1.82, 2.24) is 9.80 Å². The van der Waals surface area contributed by atoms with Crippen LogP contribution in [0.15, 0.2) is 42.5 Å². The molecule has 9 heteroatoms. The van der Waals surface area contributed by atoms with Crippen molar-refractivity contribution < 1.29 is 32.6 Å². The standard InChI is InChI=1S/C21H20F2N2O5/c1-2-29-21(28)30-16-6-3-14(4-7-16)19(26)24-9-11-25(12-10-24)20(27)17-8-5-15(22)13-18(17)23/h3-8,13H,2,9-12H2,1H3. The molecule has 0 atom stereocenters. The SMILES string of the molecule is CCOC(=O)Oc1ccc(C(=O)N2CCN(C(=O)c3ccc(F)cc3F)CC2)cc1. The van der Waals surface area contributed by atoms with Gasteiger partial charge in [0.1, 0.15) is 17.4 Å². The van der Waals surface area contributed by atoms with Gasteiger partial charge in [-0.05, 0) is 43.3 Å². The zero-order chi connectivity index (χ0) is 21.7. The summed E-state index contributed by atoms with van der Waals surface area (Å²) < 4.78 is 36.5. The topological polar surface area (TPSA) is 76.2 Å². The van der Waals surface area contributed by atoms with E-state index in [4.69, 9.17) is 4.74 Å². The Hall–Kier alpha value is -3.49. The Morgan fingerprint density at radius 1 is 0.900 bits per heavy atom.